The number of carbonyl (C=O) groups excluding carboxylic acids is 2. The number of carbonyl (C=O) groups is 2. The summed E-state index contributed by atoms with van der Waals surface area (Å²) in [6, 6.07) is 6.77. The third-order valence-corrected chi connectivity index (χ3v) is 5.10. The summed E-state index contributed by atoms with van der Waals surface area (Å²) >= 11 is 0. The van der Waals surface area contributed by atoms with Gasteiger partial charge in [-0.1, -0.05) is 12.1 Å². The number of hydrogen-bond donors (Lipinski definition) is 2. The zero-order valence-electron chi connectivity index (χ0n) is 15.9. The van der Waals surface area contributed by atoms with E-state index in [0.29, 0.717) is 26.4 Å². The maximum atomic E-state index is 12.7. The average Bonchev–Trinajstić information content (AvgIpc) is 2.93. The van der Waals surface area contributed by atoms with Crippen LogP contribution in [0.5, 0.6) is 5.75 Å². The van der Waals surface area contributed by atoms with Gasteiger partial charge in [-0.15, -0.1) is 0 Å². The first-order valence-electron chi connectivity index (χ1n) is 9.42. The van der Waals surface area contributed by atoms with Gasteiger partial charge in [-0.3, -0.25) is 9.59 Å². The molecule has 1 aromatic rings. The molecule has 2 aliphatic heterocycles. The number of hydrogen-bond acceptors (Lipinski definition) is 5. The fourth-order valence-corrected chi connectivity index (χ4v) is 3.69. The highest BCUT2D eigenvalue weighted by molar-refractivity contribution is 6.08. The highest BCUT2D eigenvalue weighted by Gasteiger charge is 2.42. The molecule has 1 amide bonds. The molecule has 2 N–H and O–H groups in total. The van der Waals surface area contributed by atoms with Gasteiger partial charge in [0.05, 0.1) is 44.5 Å². The van der Waals surface area contributed by atoms with Crippen molar-refractivity contribution in [3.63, 3.8) is 0 Å². The van der Waals surface area contributed by atoms with Crippen LogP contribution in [-0.4, -0.2) is 67.7 Å². The molecule has 1 aromatic carbocycles. The maximum absolute atomic E-state index is 12.7. The second-order valence-corrected chi connectivity index (χ2v) is 6.83. The van der Waals surface area contributed by atoms with Crippen LogP contribution in [0.15, 0.2) is 35.6 Å². The maximum Gasteiger partial charge on any atom is 0.290 e. The van der Waals surface area contributed by atoms with Crippen molar-refractivity contribution in [1.29, 1.82) is 0 Å². The van der Waals surface area contributed by atoms with Crippen LogP contribution in [0, 0.1) is 0 Å². The Labute approximate surface area is 159 Å². The van der Waals surface area contributed by atoms with Crippen molar-refractivity contribution in [3.8, 4) is 5.75 Å². The minimum Gasteiger partial charge on any atom is -0.503 e. The molecule has 0 aliphatic carbocycles. The summed E-state index contributed by atoms with van der Waals surface area (Å²) in [4.78, 5) is 27.8. The molecule has 0 saturated carbocycles. The van der Waals surface area contributed by atoms with Crippen LogP contribution < -0.4 is 9.64 Å². The number of ether oxygens (including phenoxy) is 2. The van der Waals surface area contributed by atoms with Crippen LogP contribution >= 0.6 is 0 Å². The summed E-state index contributed by atoms with van der Waals surface area (Å²) in [6.45, 7) is 8.30. The number of nitrogens with zero attached hydrogens (tertiary/aromatic N) is 1. The molecule has 0 aromatic heterocycles. The third-order valence-electron chi connectivity index (χ3n) is 5.10. The summed E-state index contributed by atoms with van der Waals surface area (Å²) in [5.41, 5.74) is 0.958. The Bertz CT molecular complexity index is 722. The highest BCUT2D eigenvalue weighted by Crippen LogP contribution is 2.37. The first-order valence-corrected chi connectivity index (χ1v) is 9.42. The van der Waals surface area contributed by atoms with Crippen molar-refractivity contribution >= 4 is 11.7 Å². The number of amides is 1. The number of aliphatic hydroxyl groups excluding tert-OH is 1. The van der Waals surface area contributed by atoms with Crippen molar-refractivity contribution in [2.75, 3.05) is 46.0 Å². The highest BCUT2D eigenvalue weighted by atomic mass is 16.5. The van der Waals surface area contributed by atoms with E-state index in [1.54, 1.807) is 4.90 Å². The smallest absolute Gasteiger partial charge is 0.290 e. The molecule has 2 heterocycles. The predicted octanol–water partition coefficient (Wildman–Crippen LogP) is 0.285. The van der Waals surface area contributed by atoms with Gasteiger partial charge in [0, 0.05) is 0 Å². The number of rotatable bonds is 7. The fourth-order valence-electron chi connectivity index (χ4n) is 3.69. The quantitative estimate of drug-likeness (QED) is 0.716. The minimum absolute atomic E-state index is 0.168. The van der Waals surface area contributed by atoms with Crippen molar-refractivity contribution in [2.45, 2.75) is 19.9 Å². The SMILES string of the molecule is CCOc1ccc(C2C(C(C)=O)=C(O)C(=O)N2CC[NH+]2CCOCC2)cc1. The Hall–Kier alpha value is -2.38. The number of morpholine rings is 1. The van der Waals surface area contributed by atoms with Crippen LogP contribution in [0.1, 0.15) is 25.5 Å². The summed E-state index contributed by atoms with van der Waals surface area (Å²) in [5.74, 6) is -0.474. The summed E-state index contributed by atoms with van der Waals surface area (Å²) in [5, 5.41) is 10.3. The van der Waals surface area contributed by atoms with Crippen molar-refractivity contribution in [1.82, 2.24) is 4.90 Å². The van der Waals surface area contributed by atoms with E-state index in [1.807, 2.05) is 31.2 Å². The van der Waals surface area contributed by atoms with Crippen LogP contribution in [0.3, 0.4) is 0 Å². The number of quaternary nitrogens is 1. The summed E-state index contributed by atoms with van der Waals surface area (Å²) in [6.07, 6.45) is 0. The average molecular weight is 375 g/mol. The van der Waals surface area contributed by atoms with E-state index in [4.69, 9.17) is 9.47 Å². The van der Waals surface area contributed by atoms with E-state index in [9.17, 15) is 14.7 Å². The molecule has 1 atom stereocenters. The minimum atomic E-state index is -0.564. The molecule has 146 valence electrons. The third kappa shape index (κ3) is 4.14. The lowest BCUT2D eigenvalue weighted by molar-refractivity contribution is -0.907. The second kappa shape index (κ2) is 8.54. The Morgan fingerprint density at radius 2 is 1.96 bits per heavy atom. The lowest BCUT2D eigenvalue weighted by Gasteiger charge is -2.30. The monoisotopic (exact) mass is 375 g/mol. The number of aliphatic hydroxyl groups is 1. The number of Topliss-reactive ketones (excluding diaryl/α,β-unsaturated/α-hetero) is 1. The molecule has 0 spiro atoms. The van der Waals surface area contributed by atoms with Gasteiger partial charge in [-0.25, -0.2) is 0 Å². The number of nitrogens with one attached hydrogen (secondary N) is 1. The van der Waals surface area contributed by atoms with E-state index >= 15 is 0 Å². The molecule has 3 rings (SSSR count). The predicted molar refractivity (Wildman–Crippen MR) is 98.8 cm³/mol. The molecule has 1 unspecified atom stereocenters. The van der Waals surface area contributed by atoms with Gasteiger partial charge in [0.2, 0.25) is 0 Å². The molecule has 0 radical (unpaired) electrons. The van der Waals surface area contributed by atoms with E-state index in [-0.39, 0.29) is 11.4 Å². The molecular formula is C20H27N2O5+. The van der Waals surface area contributed by atoms with Crippen molar-refractivity contribution in [3.05, 3.63) is 41.2 Å². The van der Waals surface area contributed by atoms with E-state index in [1.165, 1.54) is 11.8 Å². The molecule has 7 heteroatoms. The summed E-state index contributed by atoms with van der Waals surface area (Å²) < 4.78 is 10.8. The Balaban J connectivity index is 1.83. The Kier molecular flexibility index (Phi) is 6.13. The summed E-state index contributed by atoms with van der Waals surface area (Å²) in [7, 11) is 0. The van der Waals surface area contributed by atoms with Crippen LogP contribution in [0.4, 0.5) is 0 Å². The molecular weight excluding hydrogens is 348 g/mol. The number of ketones is 1. The van der Waals surface area contributed by atoms with E-state index in [0.717, 1.165) is 30.9 Å². The van der Waals surface area contributed by atoms with Crippen LogP contribution in [0.2, 0.25) is 0 Å². The van der Waals surface area contributed by atoms with E-state index in [2.05, 4.69) is 0 Å². The molecule has 27 heavy (non-hydrogen) atoms. The molecule has 7 nitrogen and oxygen atoms in total. The van der Waals surface area contributed by atoms with Crippen LogP contribution in [0.25, 0.3) is 0 Å². The largest absolute Gasteiger partial charge is 0.503 e. The Morgan fingerprint density at radius 1 is 1.30 bits per heavy atom. The topological polar surface area (TPSA) is 80.5 Å². The van der Waals surface area contributed by atoms with Gasteiger partial charge in [-0.05, 0) is 31.5 Å². The van der Waals surface area contributed by atoms with Crippen molar-refractivity contribution in [2.24, 2.45) is 0 Å². The fraction of sp³-hybridized carbons (Fsp3) is 0.500. The first-order chi connectivity index (χ1) is 13.0. The van der Waals surface area contributed by atoms with Gasteiger partial charge < -0.3 is 24.4 Å². The van der Waals surface area contributed by atoms with Crippen LogP contribution in [-0.2, 0) is 14.3 Å². The zero-order chi connectivity index (χ0) is 19.4. The Morgan fingerprint density at radius 3 is 2.56 bits per heavy atom. The first kappa shape index (κ1) is 19.4. The molecule has 2 aliphatic rings. The van der Waals surface area contributed by atoms with E-state index < -0.39 is 17.7 Å². The molecule has 0 bridgehead atoms. The van der Waals surface area contributed by atoms with Crippen molar-refractivity contribution < 1.29 is 29.1 Å². The van der Waals surface area contributed by atoms with Gasteiger partial charge >= 0.3 is 0 Å². The van der Waals surface area contributed by atoms with Gasteiger partial charge in [0.1, 0.15) is 18.8 Å². The standard InChI is InChI=1S/C20H26N2O5/c1-3-27-16-6-4-15(5-7-16)18-17(14(2)23)19(24)20(25)22(18)9-8-21-10-12-26-13-11-21/h4-7,18,24H,3,8-13H2,1-2H3/p+1. The normalized spacial score (nSPS) is 21.0. The second-order valence-electron chi connectivity index (χ2n) is 6.83. The molecule has 1 fully saturated rings. The van der Waals surface area contributed by atoms with Gasteiger partial charge in [0.15, 0.2) is 11.5 Å². The number of benzene rings is 1. The molecule has 1 saturated heterocycles. The van der Waals surface area contributed by atoms with Gasteiger partial charge in [-0.2, -0.15) is 0 Å². The lowest BCUT2D eigenvalue weighted by Crippen LogP contribution is -3.14. The zero-order valence-corrected chi connectivity index (χ0v) is 15.9. The van der Waals surface area contributed by atoms with Gasteiger partial charge in [0.25, 0.3) is 5.91 Å². The lowest BCUT2D eigenvalue weighted by atomic mass is 9.96.